The summed E-state index contributed by atoms with van der Waals surface area (Å²) < 4.78 is 1.78. The SMILES string of the molecule is CC(C)n1c(N)cnc1N. The molecule has 1 rings (SSSR count). The van der Waals surface area contributed by atoms with Gasteiger partial charge in [-0.2, -0.15) is 0 Å². The van der Waals surface area contributed by atoms with Gasteiger partial charge in [-0.15, -0.1) is 0 Å². The van der Waals surface area contributed by atoms with Gasteiger partial charge < -0.3 is 11.5 Å². The van der Waals surface area contributed by atoms with Crippen molar-refractivity contribution in [2.24, 2.45) is 0 Å². The minimum atomic E-state index is 0.280. The highest BCUT2D eigenvalue weighted by Gasteiger charge is 2.05. The summed E-state index contributed by atoms with van der Waals surface area (Å²) in [4.78, 5) is 3.85. The first-order chi connectivity index (χ1) is 4.63. The molecule has 0 aliphatic rings. The molecule has 4 N–H and O–H groups in total. The van der Waals surface area contributed by atoms with Crippen LogP contribution in [-0.2, 0) is 0 Å². The average molecular weight is 140 g/mol. The van der Waals surface area contributed by atoms with Crippen molar-refractivity contribution >= 4 is 11.8 Å². The molecule has 0 amide bonds. The van der Waals surface area contributed by atoms with Crippen LogP contribution in [0.2, 0.25) is 0 Å². The molecular formula is C6H12N4. The second kappa shape index (κ2) is 2.21. The van der Waals surface area contributed by atoms with Gasteiger partial charge in [0.25, 0.3) is 0 Å². The predicted molar refractivity (Wildman–Crippen MR) is 41.4 cm³/mol. The van der Waals surface area contributed by atoms with Crippen LogP contribution < -0.4 is 11.5 Å². The molecule has 0 fully saturated rings. The zero-order valence-electron chi connectivity index (χ0n) is 6.20. The number of nitrogen functional groups attached to an aromatic ring is 2. The van der Waals surface area contributed by atoms with Crippen LogP contribution in [-0.4, -0.2) is 9.55 Å². The van der Waals surface area contributed by atoms with Crippen molar-refractivity contribution < 1.29 is 0 Å². The third kappa shape index (κ3) is 0.920. The Morgan fingerprint density at radius 3 is 2.30 bits per heavy atom. The maximum absolute atomic E-state index is 5.56. The summed E-state index contributed by atoms with van der Waals surface area (Å²) in [6.07, 6.45) is 1.56. The number of rotatable bonds is 1. The molecule has 0 bridgehead atoms. The van der Waals surface area contributed by atoms with E-state index < -0.39 is 0 Å². The maximum Gasteiger partial charge on any atom is 0.202 e. The number of anilines is 2. The summed E-state index contributed by atoms with van der Waals surface area (Å²) in [5.41, 5.74) is 11.1. The van der Waals surface area contributed by atoms with E-state index >= 15 is 0 Å². The summed E-state index contributed by atoms with van der Waals surface area (Å²) in [6, 6.07) is 0.280. The summed E-state index contributed by atoms with van der Waals surface area (Å²) in [5.74, 6) is 1.10. The van der Waals surface area contributed by atoms with E-state index in [-0.39, 0.29) is 6.04 Å². The molecule has 0 saturated carbocycles. The van der Waals surface area contributed by atoms with Crippen LogP contribution in [0.1, 0.15) is 19.9 Å². The zero-order chi connectivity index (χ0) is 7.72. The number of hydrogen-bond donors (Lipinski definition) is 2. The van der Waals surface area contributed by atoms with Gasteiger partial charge in [0.1, 0.15) is 5.82 Å². The molecule has 0 aliphatic heterocycles. The fourth-order valence-electron chi connectivity index (χ4n) is 0.952. The molecule has 0 aromatic carbocycles. The van der Waals surface area contributed by atoms with Crippen molar-refractivity contribution in [1.29, 1.82) is 0 Å². The van der Waals surface area contributed by atoms with Crippen LogP contribution in [0, 0.1) is 0 Å². The maximum atomic E-state index is 5.56. The Kier molecular flexibility index (Phi) is 1.53. The Balaban J connectivity index is 3.10. The first-order valence-electron chi connectivity index (χ1n) is 3.21. The van der Waals surface area contributed by atoms with Crippen molar-refractivity contribution in [1.82, 2.24) is 9.55 Å². The van der Waals surface area contributed by atoms with Crippen LogP contribution >= 0.6 is 0 Å². The second-order valence-electron chi connectivity index (χ2n) is 2.51. The molecule has 0 atom stereocenters. The van der Waals surface area contributed by atoms with E-state index in [9.17, 15) is 0 Å². The van der Waals surface area contributed by atoms with Gasteiger partial charge in [0.15, 0.2) is 0 Å². The summed E-state index contributed by atoms with van der Waals surface area (Å²) in [7, 11) is 0. The number of hydrogen-bond acceptors (Lipinski definition) is 3. The van der Waals surface area contributed by atoms with E-state index in [4.69, 9.17) is 11.5 Å². The standard InChI is InChI=1S/C6H12N4/c1-4(2)10-5(7)3-9-6(10)8/h3-4H,7H2,1-2H3,(H2,8,9). The minimum absolute atomic E-state index is 0.280. The lowest BCUT2D eigenvalue weighted by Crippen LogP contribution is -2.08. The van der Waals surface area contributed by atoms with Gasteiger partial charge in [0.05, 0.1) is 6.20 Å². The normalized spacial score (nSPS) is 10.7. The molecule has 0 spiro atoms. The van der Waals surface area contributed by atoms with Gasteiger partial charge in [0.2, 0.25) is 5.95 Å². The molecule has 0 unspecified atom stereocenters. The third-order valence-corrected chi connectivity index (χ3v) is 1.37. The van der Waals surface area contributed by atoms with Crippen molar-refractivity contribution in [3.8, 4) is 0 Å². The van der Waals surface area contributed by atoms with Crippen LogP contribution in [0.5, 0.6) is 0 Å². The van der Waals surface area contributed by atoms with Crippen molar-refractivity contribution in [3.05, 3.63) is 6.20 Å². The van der Waals surface area contributed by atoms with Crippen LogP contribution in [0.4, 0.5) is 11.8 Å². The monoisotopic (exact) mass is 140 g/mol. The average Bonchev–Trinajstić information content (AvgIpc) is 2.11. The molecular weight excluding hydrogens is 128 g/mol. The number of nitrogens with zero attached hydrogens (tertiary/aromatic N) is 2. The molecule has 1 aromatic rings. The molecule has 4 nitrogen and oxygen atoms in total. The fraction of sp³-hybridized carbons (Fsp3) is 0.500. The topological polar surface area (TPSA) is 69.9 Å². The Hall–Kier alpha value is -1.19. The van der Waals surface area contributed by atoms with Gasteiger partial charge in [0, 0.05) is 6.04 Å². The molecule has 56 valence electrons. The van der Waals surface area contributed by atoms with Gasteiger partial charge in [-0.25, -0.2) is 4.98 Å². The van der Waals surface area contributed by atoms with Crippen molar-refractivity contribution in [3.63, 3.8) is 0 Å². The van der Waals surface area contributed by atoms with Gasteiger partial charge in [-0.05, 0) is 13.8 Å². The van der Waals surface area contributed by atoms with E-state index in [0.717, 1.165) is 0 Å². The van der Waals surface area contributed by atoms with E-state index in [1.807, 2.05) is 13.8 Å². The minimum Gasteiger partial charge on any atom is -0.384 e. The highest BCUT2D eigenvalue weighted by Crippen LogP contribution is 2.15. The second-order valence-corrected chi connectivity index (χ2v) is 2.51. The Morgan fingerprint density at radius 1 is 1.50 bits per heavy atom. The van der Waals surface area contributed by atoms with E-state index in [2.05, 4.69) is 4.98 Å². The highest BCUT2D eigenvalue weighted by molar-refractivity contribution is 5.37. The van der Waals surface area contributed by atoms with E-state index in [1.165, 1.54) is 0 Å². The van der Waals surface area contributed by atoms with Crippen molar-refractivity contribution in [2.45, 2.75) is 19.9 Å². The summed E-state index contributed by atoms with van der Waals surface area (Å²) in [5, 5.41) is 0. The number of aromatic nitrogens is 2. The van der Waals surface area contributed by atoms with Gasteiger partial charge in [-0.1, -0.05) is 0 Å². The van der Waals surface area contributed by atoms with E-state index in [0.29, 0.717) is 11.8 Å². The number of nitrogens with two attached hydrogens (primary N) is 2. The summed E-state index contributed by atoms with van der Waals surface area (Å²) >= 11 is 0. The quantitative estimate of drug-likeness (QED) is 0.601. The molecule has 0 radical (unpaired) electrons. The lowest BCUT2D eigenvalue weighted by molar-refractivity contribution is 0.616. The zero-order valence-corrected chi connectivity index (χ0v) is 6.20. The predicted octanol–water partition coefficient (Wildman–Crippen LogP) is 0.628. The fourth-order valence-corrected chi connectivity index (χ4v) is 0.952. The smallest absolute Gasteiger partial charge is 0.202 e. The molecule has 4 heteroatoms. The number of imidazole rings is 1. The molecule has 10 heavy (non-hydrogen) atoms. The summed E-state index contributed by atoms with van der Waals surface area (Å²) in [6.45, 7) is 4.02. The Morgan fingerprint density at radius 2 is 2.10 bits per heavy atom. The van der Waals surface area contributed by atoms with Crippen molar-refractivity contribution in [2.75, 3.05) is 11.5 Å². The van der Waals surface area contributed by atoms with Crippen LogP contribution in [0.15, 0.2) is 6.20 Å². The molecule has 0 saturated heterocycles. The Labute approximate surface area is 59.8 Å². The van der Waals surface area contributed by atoms with E-state index in [1.54, 1.807) is 10.8 Å². The third-order valence-electron chi connectivity index (χ3n) is 1.37. The molecule has 1 heterocycles. The highest BCUT2D eigenvalue weighted by atomic mass is 15.2. The first-order valence-corrected chi connectivity index (χ1v) is 3.21. The molecule has 0 aliphatic carbocycles. The van der Waals surface area contributed by atoms with Crippen LogP contribution in [0.25, 0.3) is 0 Å². The first kappa shape index (κ1) is 6.92. The Bertz CT molecular complexity index is 206. The van der Waals surface area contributed by atoms with Crippen LogP contribution in [0.3, 0.4) is 0 Å². The largest absolute Gasteiger partial charge is 0.384 e. The van der Waals surface area contributed by atoms with Gasteiger partial charge in [-0.3, -0.25) is 4.57 Å². The molecule has 1 aromatic heterocycles. The lowest BCUT2D eigenvalue weighted by atomic mass is 10.4. The van der Waals surface area contributed by atoms with Gasteiger partial charge >= 0.3 is 0 Å². The lowest BCUT2D eigenvalue weighted by Gasteiger charge is -2.09.